The summed E-state index contributed by atoms with van der Waals surface area (Å²) in [6.07, 6.45) is 5.19. The lowest BCUT2D eigenvalue weighted by Gasteiger charge is -2.23. The zero-order valence-electron chi connectivity index (χ0n) is 8.38. The van der Waals surface area contributed by atoms with Gasteiger partial charge in [0.05, 0.1) is 12.1 Å². The molecular formula is C10H18N2O. The van der Waals surface area contributed by atoms with Crippen LogP contribution in [0.15, 0.2) is 16.8 Å². The normalized spacial score (nSPS) is 21.3. The topological polar surface area (TPSA) is 44.6 Å². The Balaban J connectivity index is 2.52. The van der Waals surface area contributed by atoms with Gasteiger partial charge in [-0.05, 0) is 19.4 Å². The zero-order valence-corrected chi connectivity index (χ0v) is 8.38. The van der Waals surface area contributed by atoms with Crippen LogP contribution in [-0.4, -0.2) is 30.0 Å². The molecule has 1 heterocycles. The van der Waals surface area contributed by atoms with Crippen molar-refractivity contribution in [3.05, 3.63) is 11.8 Å². The van der Waals surface area contributed by atoms with Gasteiger partial charge in [-0.1, -0.05) is 6.92 Å². The molecule has 0 bridgehead atoms. The number of aliphatic hydroxyl groups is 1. The first-order valence-corrected chi connectivity index (χ1v) is 4.79. The second kappa shape index (κ2) is 4.42. The van der Waals surface area contributed by atoms with E-state index >= 15 is 0 Å². The van der Waals surface area contributed by atoms with E-state index in [9.17, 15) is 5.11 Å². The standard InChI is InChI=1S/C10H18N2O/c1-3-10(2,13)8-9-4-5-11-6-7-12-9/h4-5,12-13H,3,6-8H2,1-2H3. The second-order valence-electron chi connectivity index (χ2n) is 3.70. The molecule has 2 N–H and O–H groups in total. The molecule has 1 unspecified atom stereocenters. The molecule has 0 aromatic heterocycles. The lowest BCUT2D eigenvalue weighted by Crippen LogP contribution is -2.28. The average molecular weight is 182 g/mol. The van der Waals surface area contributed by atoms with Crippen molar-refractivity contribution < 1.29 is 5.11 Å². The minimum atomic E-state index is -0.600. The maximum Gasteiger partial charge on any atom is 0.0671 e. The van der Waals surface area contributed by atoms with Crippen LogP contribution in [0, 0.1) is 0 Å². The summed E-state index contributed by atoms with van der Waals surface area (Å²) in [5, 5.41) is 13.1. The molecule has 1 aliphatic heterocycles. The van der Waals surface area contributed by atoms with Crippen LogP contribution in [0.5, 0.6) is 0 Å². The van der Waals surface area contributed by atoms with Crippen LogP contribution < -0.4 is 5.32 Å². The highest BCUT2D eigenvalue weighted by molar-refractivity contribution is 5.72. The van der Waals surface area contributed by atoms with Crippen LogP contribution in [0.1, 0.15) is 26.7 Å². The van der Waals surface area contributed by atoms with E-state index in [-0.39, 0.29) is 0 Å². The Labute approximate surface area is 79.6 Å². The summed E-state index contributed by atoms with van der Waals surface area (Å²) in [6.45, 7) is 5.53. The van der Waals surface area contributed by atoms with Crippen molar-refractivity contribution in [2.75, 3.05) is 13.1 Å². The fraction of sp³-hybridized carbons (Fsp3) is 0.700. The fourth-order valence-corrected chi connectivity index (χ4v) is 1.21. The summed E-state index contributed by atoms with van der Waals surface area (Å²) in [7, 11) is 0. The smallest absolute Gasteiger partial charge is 0.0671 e. The minimum absolute atomic E-state index is 0.600. The van der Waals surface area contributed by atoms with E-state index in [2.05, 4.69) is 10.3 Å². The predicted octanol–water partition coefficient (Wildman–Crippen LogP) is 1.10. The van der Waals surface area contributed by atoms with Gasteiger partial charge in [0, 0.05) is 24.9 Å². The molecule has 0 radical (unpaired) electrons. The van der Waals surface area contributed by atoms with Crippen LogP contribution in [-0.2, 0) is 0 Å². The summed E-state index contributed by atoms with van der Waals surface area (Å²) in [5.41, 5.74) is 0.477. The van der Waals surface area contributed by atoms with Crippen LogP contribution in [0.3, 0.4) is 0 Å². The van der Waals surface area contributed by atoms with E-state index in [0.717, 1.165) is 25.2 Å². The maximum absolute atomic E-state index is 9.84. The van der Waals surface area contributed by atoms with Gasteiger partial charge in [-0.2, -0.15) is 0 Å². The summed E-state index contributed by atoms with van der Waals surface area (Å²) in [6, 6.07) is 0. The Hall–Kier alpha value is -0.830. The third kappa shape index (κ3) is 3.59. The first kappa shape index (κ1) is 10.3. The van der Waals surface area contributed by atoms with E-state index in [1.54, 1.807) is 6.21 Å². The monoisotopic (exact) mass is 182 g/mol. The molecule has 0 saturated heterocycles. The van der Waals surface area contributed by atoms with Gasteiger partial charge in [0.15, 0.2) is 0 Å². The van der Waals surface area contributed by atoms with E-state index in [1.807, 2.05) is 19.9 Å². The molecule has 0 spiro atoms. The van der Waals surface area contributed by atoms with Crippen LogP contribution in [0.4, 0.5) is 0 Å². The molecule has 1 aliphatic rings. The lowest BCUT2D eigenvalue weighted by molar-refractivity contribution is 0.0549. The molecule has 13 heavy (non-hydrogen) atoms. The van der Waals surface area contributed by atoms with Gasteiger partial charge in [-0.25, -0.2) is 0 Å². The van der Waals surface area contributed by atoms with Crippen molar-refractivity contribution in [1.82, 2.24) is 5.32 Å². The summed E-state index contributed by atoms with van der Waals surface area (Å²) >= 11 is 0. The molecule has 0 saturated carbocycles. The molecule has 0 aromatic carbocycles. The number of allylic oxidation sites excluding steroid dienone is 1. The van der Waals surface area contributed by atoms with Gasteiger partial charge in [0.2, 0.25) is 0 Å². The van der Waals surface area contributed by atoms with Gasteiger partial charge in [-0.15, -0.1) is 0 Å². The second-order valence-corrected chi connectivity index (χ2v) is 3.70. The summed E-state index contributed by atoms with van der Waals surface area (Å²) in [4.78, 5) is 4.13. The first-order chi connectivity index (χ1) is 6.14. The number of aliphatic imine (C=N–C) groups is 1. The van der Waals surface area contributed by atoms with E-state index in [0.29, 0.717) is 6.42 Å². The lowest BCUT2D eigenvalue weighted by atomic mass is 9.97. The molecule has 1 rings (SSSR count). The van der Waals surface area contributed by atoms with Gasteiger partial charge in [0.25, 0.3) is 0 Å². The Kier molecular flexibility index (Phi) is 3.48. The van der Waals surface area contributed by atoms with Crippen LogP contribution in [0.25, 0.3) is 0 Å². The van der Waals surface area contributed by atoms with Crippen molar-refractivity contribution in [2.45, 2.75) is 32.3 Å². The minimum Gasteiger partial charge on any atom is -0.390 e. The predicted molar refractivity (Wildman–Crippen MR) is 55.0 cm³/mol. The Morgan fingerprint density at radius 3 is 3.15 bits per heavy atom. The largest absolute Gasteiger partial charge is 0.390 e. The maximum atomic E-state index is 9.84. The number of nitrogens with one attached hydrogen (secondary N) is 1. The SMILES string of the molecule is CCC(C)(O)CC1=CC=NCCN1. The fourth-order valence-electron chi connectivity index (χ4n) is 1.21. The average Bonchev–Trinajstić information content (AvgIpc) is 2.32. The number of rotatable bonds is 3. The van der Waals surface area contributed by atoms with Gasteiger partial charge in [0.1, 0.15) is 0 Å². The van der Waals surface area contributed by atoms with Crippen molar-refractivity contribution in [1.29, 1.82) is 0 Å². The molecule has 0 aliphatic carbocycles. The van der Waals surface area contributed by atoms with Crippen LogP contribution >= 0.6 is 0 Å². The number of hydrogen-bond donors (Lipinski definition) is 2. The highest BCUT2D eigenvalue weighted by atomic mass is 16.3. The van der Waals surface area contributed by atoms with E-state index in [1.165, 1.54) is 0 Å². The van der Waals surface area contributed by atoms with E-state index in [4.69, 9.17) is 0 Å². The van der Waals surface area contributed by atoms with Crippen molar-refractivity contribution in [2.24, 2.45) is 4.99 Å². The van der Waals surface area contributed by atoms with Crippen molar-refractivity contribution >= 4 is 6.21 Å². The van der Waals surface area contributed by atoms with Crippen molar-refractivity contribution in [3.8, 4) is 0 Å². The van der Waals surface area contributed by atoms with E-state index < -0.39 is 5.60 Å². The highest BCUT2D eigenvalue weighted by Crippen LogP contribution is 2.18. The Morgan fingerprint density at radius 1 is 1.69 bits per heavy atom. The molecular weight excluding hydrogens is 164 g/mol. The molecule has 0 fully saturated rings. The van der Waals surface area contributed by atoms with Gasteiger partial charge < -0.3 is 10.4 Å². The third-order valence-electron chi connectivity index (χ3n) is 2.31. The molecule has 3 heteroatoms. The first-order valence-electron chi connectivity index (χ1n) is 4.79. The molecule has 3 nitrogen and oxygen atoms in total. The Morgan fingerprint density at radius 2 is 2.46 bits per heavy atom. The zero-order chi connectivity index (χ0) is 9.73. The molecule has 1 atom stereocenters. The number of nitrogens with zero attached hydrogens (tertiary/aromatic N) is 1. The molecule has 0 amide bonds. The summed E-state index contributed by atoms with van der Waals surface area (Å²) < 4.78 is 0. The van der Waals surface area contributed by atoms with Crippen molar-refractivity contribution in [3.63, 3.8) is 0 Å². The van der Waals surface area contributed by atoms with Crippen LogP contribution in [0.2, 0.25) is 0 Å². The highest BCUT2D eigenvalue weighted by Gasteiger charge is 2.19. The third-order valence-corrected chi connectivity index (χ3v) is 2.31. The molecule has 74 valence electrons. The summed E-state index contributed by atoms with van der Waals surface area (Å²) in [5.74, 6) is 0. The van der Waals surface area contributed by atoms with Gasteiger partial charge >= 0.3 is 0 Å². The van der Waals surface area contributed by atoms with Gasteiger partial charge in [-0.3, -0.25) is 4.99 Å². The number of hydrogen-bond acceptors (Lipinski definition) is 3. The quantitative estimate of drug-likeness (QED) is 0.686. The molecule has 0 aromatic rings. The Bertz CT molecular complexity index is 219.